The Balaban J connectivity index is 1.39. The fourth-order valence-corrected chi connectivity index (χ4v) is 3.13. The van der Waals surface area contributed by atoms with Gasteiger partial charge in [-0.1, -0.05) is 0 Å². The molecule has 3 rings (SSSR count). The molecule has 5 nitrogen and oxygen atoms in total. The van der Waals surface area contributed by atoms with Gasteiger partial charge >= 0.3 is 0 Å². The fourth-order valence-electron chi connectivity index (χ4n) is 3.13. The van der Waals surface area contributed by atoms with Gasteiger partial charge in [0, 0.05) is 56.8 Å². The van der Waals surface area contributed by atoms with Crippen LogP contribution in [0.5, 0.6) is 0 Å². The maximum Gasteiger partial charge on any atom is 0.253 e. The molecule has 2 aromatic rings. The van der Waals surface area contributed by atoms with Gasteiger partial charge in [-0.3, -0.25) is 14.7 Å². The van der Waals surface area contributed by atoms with E-state index in [-0.39, 0.29) is 17.8 Å². The summed E-state index contributed by atoms with van der Waals surface area (Å²) in [7, 11) is 0. The Morgan fingerprint density at radius 2 is 1.92 bits per heavy atom. The van der Waals surface area contributed by atoms with Crippen molar-refractivity contribution in [3.8, 4) is 0 Å². The highest BCUT2D eigenvalue weighted by atomic mass is 19.1. The molecule has 0 bridgehead atoms. The highest BCUT2D eigenvalue weighted by molar-refractivity contribution is 5.93. The van der Waals surface area contributed by atoms with Crippen molar-refractivity contribution in [3.63, 3.8) is 0 Å². The van der Waals surface area contributed by atoms with Crippen molar-refractivity contribution in [2.75, 3.05) is 37.6 Å². The topological polar surface area (TPSA) is 48.5 Å². The van der Waals surface area contributed by atoms with Gasteiger partial charge in [0.1, 0.15) is 5.82 Å². The van der Waals surface area contributed by atoms with E-state index in [4.69, 9.17) is 0 Å². The maximum absolute atomic E-state index is 13.0. The minimum absolute atomic E-state index is 0.0771. The van der Waals surface area contributed by atoms with Crippen LogP contribution < -0.4 is 10.2 Å². The van der Waals surface area contributed by atoms with E-state index in [1.165, 1.54) is 12.1 Å². The van der Waals surface area contributed by atoms with Gasteiger partial charge in [0.25, 0.3) is 5.91 Å². The Bertz CT molecular complexity index is 700. The standard InChI is InChI=1S/C20H25FN4O/c1-16(23-20(26)17-3-2-9-22-15-17)8-10-24-11-13-25(14-12-24)19-6-4-18(21)5-7-19/h2-7,9,15-16H,8,10-14H2,1H3,(H,23,26)/t16-/m0/s1. The monoisotopic (exact) mass is 356 g/mol. The second-order valence-corrected chi connectivity index (χ2v) is 6.71. The molecule has 6 heteroatoms. The van der Waals surface area contributed by atoms with E-state index in [1.54, 1.807) is 24.5 Å². The van der Waals surface area contributed by atoms with E-state index in [1.807, 2.05) is 19.1 Å². The number of nitrogens with zero attached hydrogens (tertiary/aromatic N) is 3. The fraction of sp³-hybridized carbons (Fsp3) is 0.400. The zero-order valence-corrected chi connectivity index (χ0v) is 15.1. The SMILES string of the molecule is C[C@@H](CCN1CCN(c2ccc(F)cc2)CC1)NC(=O)c1cccnc1. The Morgan fingerprint density at radius 3 is 2.58 bits per heavy atom. The van der Waals surface area contributed by atoms with Gasteiger partial charge in [0.2, 0.25) is 0 Å². The molecule has 0 spiro atoms. The molecule has 1 aliphatic heterocycles. The highest BCUT2D eigenvalue weighted by Gasteiger charge is 2.18. The Kier molecular flexibility index (Phi) is 6.17. The number of anilines is 1. The number of nitrogens with one attached hydrogen (secondary N) is 1. The molecule has 138 valence electrons. The number of halogens is 1. The second-order valence-electron chi connectivity index (χ2n) is 6.71. The van der Waals surface area contributed by atoms with Crippen LogP contribution in [-0.2, 0) is 0 Å². The van der Waals surface area contributed by atoms with E-state index in [2.05, 4.69) is 20.1 Å². The smallest absolute Gasteiger partial charge is 0.253 e. The summed E-state index contributed by atoms with van der Waals surface area (Å²) in [4.78, 5) is 20.8. The maximum atomic E-state index is 13.0. The predicted octanol–water partition coefficient (Wildman–Crippen LogP) is 2.55. The molecule has 1 saturated heterocycles. The molecule has 1 N–H and O–H groups in total. The largest absolute Gasteiger partial charge is 0.369 e. The summed E-state index contributed by atoms with van der Waals surface area (Å²) in [6.07, 6.45) is 4.14. The summed E-state index contributed by atoms with van der Waals surface area (Å²) in [5.74, 6) is -0.276. The van der Waals surface area contributed by atoms with Crippen molar-refractivity contribution in [2.24, 2.45) is 0 Å². The van der Waals surface area contributed by atoms with Crippen LogP contribution in [0.2, 0.25) is 0 Å². The molecule has 1 aromatic heterocycles. The third-order valence-corrected chi connectivity index (χ3v) is 4.74. The Hall–Kier alpha value is -2.47. The molecule has 2 heterocycles. The van der Waals surface area contributed by atoms with Crippen molar-refractivity contribution >= 4 is 11.6 Å². The van der Waals surface area contributed by atoms with E-state index in [9.17, 15) is 9.18 Å². The summed E-state index contributed by atoms with van der Waals surface area (Å²) in [5, 5.41) is 3.02. The van der Waals surface area contributed by atoms with E-state index in [0.717, 1.165) is 44.8 Å². The van der Waals surface area contributed by atoms with Gasteiger partial charge in [-0.25, -0.2) is 4.39 Å². The van der Waals surface area contributed by atoms with Gasteiger partial charge in [-0.05, 0) is 49.7 Å². The zero-order valence-electron chi connectivity index (χ0n) is 15.1. The zero-order chi connectivity index (χ0) is 18.4. The molecular weight excluding hydrogens is 331 g/mol. The number of rotatable bonds is 6. The number of pyridine rings is 1. The van der Waals surface area contributed by atoms with Crippen LogP contribution in [0, 0.1) is 5.82 Å². The molecule has 1 amide bonds. The summed E-state index contributed by atoms with van der Waals surface area (Å²) in [6, 6.07) is 10.3. The van der Waals surface area contributed by atoms with Crippen LogP contribution in [0.1, 0.15) is 23.7 Å². The molecule has 0 aliphatic carbocycles. The van der Waals surface area contributed by atoms with Crippen LogP contribution in [0.25, 0.3) is 0 Å². The lowest BCUT2D eigenvalue weighted by Gasteiger charge is -2.36. The number of carbonyl (C=O) groups is 1. The highest BCUT2D eigenvalue weighted by Crippen LogP contribution is 2.17. The molecule has 0 radical (unpaired) electrons. The predicted molar refractivity (Wildman–Crippen MR) is 101 cm³/mol. The van der Waals surface area contributed by atoms with Crippen molar-refractivity contribution < 1.29 is 9.18 Å². The lowest BCUT2D eigenvalue weighted by atomic mass is 10.2. The summed E-state index contributed by atoms with van der Waals surface area (Å²) in [5.41, 5.74) is 1.66. The second kappa shape index (κ2) is 8.76. The quantitative estimate of drug-likeness (QED) is 0.864. The minimum Gasteiger partial charge on any atom is -0.369 e. The number of hydrogen-bond donors (Lipinski definition) is 1. The number of piperazine rings is 1. The molecule has 1 aliphatic rings. The first kappa shape index (κ1) is 18.3. The molecule has 0 unspecified atom stereocenters. The van der Waals surface area contributed by atoms with E-state index in [0.29, 0.717) is 5.56 Å². The molecule has 26 heavy (non-hydrogen) atoms. The van der Waals surface area contributed by atoms with Crippen LogP contribution in [0.15, 0.2) is 48.8 Å². The normalized spacial score (nSPS) is 16.3. The molecule has 1 aromatic carbocycles. The van der Waals surface area contributed by atoms with Crippen LogP contribution in [0.4, 0.5) is 10.1 Å². The van der Waals surface area contributed by atoms with Gasteiger partial charge in [-0.15, -0.1) is 0 Å². The summed E-state index contributed by atoms with van der Waals surface area (Å²) in [6.45, 7) is 6.79. The Morgan fingerprint density at radius 1 is 1.19 bits per heavy atom. The summed E-state index contributed by atoms with van der Waals surface area (Å²) < 4.78 is 13.0. The van der Waals surface area contributed by atoms with E-state index < -0.39 is 0 Å². The summed E-state index contributed by atoms with van der Waals surface area (Å²) >= 11 is 0. The van der Waals surface area contributed by atoms with Crippen LogP contribution in [-0.4, -0.2) is 54.6 Å². The first-order chi connectivity index (χ1) is 12.6. The van der Waals surface area contributed by atoms with Gasteiger partial charge in [0.05, 0.1) is 5.56 Å². The average Bonchev–Trinajstić information content (AvgIpc) is 2.68. The van der Waals surface area contributed by atoms with Crippen molar-refractivity contribution in [1.29, 1.82) is 0 Å². The van der Waals surface area contributed by atoms with Crippen molar-refractivity contribution in [1.82, 2.24) is 15.2 Å². The number of amides is 1. The number of hydrogen-bond acceptors (Lipinski definition) is 4. The van der Waals surface area contributed by atoms with Crippen LogP contribution >= 0.6 is 0 Å². The van der Waals surface area contributed by atoms with Crippen molar-refractivity contribution in [3.05, 3.63) is 60.2 Å². The molecule has 1 atom stereocenters. The third kappa shape index (κ3) is 5.02. The Labute approximate surface area is 153 Å². The lowest BCUT2D eigenvalue weighted by Crippen LogP contribution is -2.47. The van der Waals surface area contributed by atoms with Gasteiger partial charge < -0.3 is 10.2 Å². The van der Waals surface area contributed by atoms with Crippen LogP contribution in [0.3, 0.4) is 0 Å². The minimum atomic E-state index is -0.199. The first-order valence-corrected chi connectivity index (χ1v) is 9.05. The third-order valence-electron chi connectivity index (χ3n) is 4.74. The average molecular weight is 356 g/mol. The van der Waals surface area contributed by atoms with E-state index >= 15 is 0 Å². The number of carbonyl (C=O) groups excluding carboxylic acids is 1. The first-order valence-electron chi connectivity index (χ1n) is 9.05. The van der Waals surface area contributed by atoms with Crippen molar-refractivity contribution in [2.45, 2.75) is 19.4 Å². The van der Waals surface area contributed by atoms with Gasteiger partial charge in [0.15, 0.2) is 0 Å². The van der Waals surface area contributed by atoms with Gasteiger partial charge in [-0.2, -0.15) is 0 Å². The molecule has 1 fully saturated rings. The molecule has 0 saturated carbocycles. The lowest BCUT2D eigenvalue weighted by molar-refractivity contribution is 0.0935. The molecular formula is C20H25FN4O. The number of benzene rings is 1. The number of aromatic nitrogens is 1.